The first-order valence-corrected chi connectivity index (χ1v) is 7.25. The van der Waals surface area contributed by atoms with Crippen LogP contribution in [-0.2, 0) is 0 Å². The van der Waals surface area contributed by atoms with Gasteiger partial charge in [-0.05, 0) is 47.0 Å². The molecule has 0 aliphatic rings. The van der Waals surface area contributed by atoms with E-state index in [1.807, 2.05) is 36.4 Å². The largest absolute Gasteiger partial charge is 0.294 e. The second-order valence-electron chi connectivity index (χ2n) is 4.77. The van der Waals surface area contributed by atoms with Gasteiger partial charge >= 0.3 is 0 Å². The van der Waals surface area contributed by atoms with E-state index in [1.165, 1.54) is 5.39 Å². The molecule has 2 heteroatoms. The Morgan fingerprint density at radius 1 is 0.900 bits per heavy atom. The van der Waals surface area contributed by atoms with Crippen molar-refractivity contribution in [1.29, 1.82) is 0 Å². The summed E-state index contributed by atoms with van der Waals surface area (Å²) in [6.45, 7) is 1.61. The molecule has 3 rings (SSSR count). The SMILES string of the molecule is CC(=O)c1ccc(Br)cc1-c1cccc2ccccc12. The third kappa shape index (κ3) is 2.27. The van der Waals surface area contributed by atoms with Crippen molar-refractivity contribution in [3.8, 4) is 11.1 Å². The monoisotopic (exact) mass is 324 g/mol. The lowest BCUT2D eigenvalue weighted by atomic mass is 9.93. The third-order valence-electron chi connectivity index (χ3n) is 3.44. The Hall–Kier alpha value is -1.93. The molecule has 3 aromatic rings. The van der Waals surface area contributed by atoms with Gasteiger partial charge in [0.1, 0.15) is 0 Å². The summed E-state index contributed by atoms with van der Waals surface area (Å²) in [4.78, 5) is 11.9. The maximum Gasteiger partial charge on any atom is 0.160 e. The molecule has 0 unspecified atom stereocenters. The molecular weight excluding hydrogens is 312 g/mol. The Labute approximate surface area is 126 Å². The normalized spacial score (nSPS) is 10.7. The molecule has 0 atom stereocenters. The standard InChI is InChI=1S/C18H13BrO/c1-12(20)15-10-9-14(19)11-18(15)17-8-4-6-13-5-2-3-7-16(13)17/h2-11H,1H3. The van der Waals surface area contributed by atoms with Gasteiger partial charge in [-0.25, -0.2) is 0 Å². The highest BCUT2D eigenvalue weighted by Gasteiger charge is 2.12. The topological polar surface area (TPSA) is 17.1 Å². The predicted molar refractivity (Wildman–Crippen MR) is 87.1 cm³/mol. The summed E-state index contributed by atoms with van der Waals surface area (Å²) in [6, 6.07) is 20.2. The van der Waals surface area contributed by atoms with E-state index in [0.717, 1.165) is 26.5 Å². The molecule has 0 fully saturated rings. The van der Waals surface area contributed by atoms with Crippen molar-refractivity contribution < 1.29 is 4.79 Å². The number of carbonyl (C=O) groups excluding carboxylic acids is 1. The molecule has 98 valence electrons. The van der Waals surface area contributed by atoms with Crippen LogP contribution in [0.3, 0.4) is 0 Å². The molecule has 0 bridgehead atoms. The fourth-order valence-electron chi connectivity index (χ4n) is 2.51. The molecule has 0 radical (unpaired) electrons. The summed E-state index contributed by atoms with van der Waals surface area (Å²) < 4.78 is 0.977. The second kappa shape index (κ2) is 5.22. The Morgan fingerprint density at radius 3 is 2.45 bits per heavy atom. The van der Waals surface area contributed by atoms with Crippen molar-refractivity contribution >= 4 is 32.5 Å². The van der Waals surface area contributed by atoms with Crippen LogP contribution in [0, 0.1) is 0 Å². The molecule has 20 heavy (non-hydrogen) atoms. The van der Waals surface area contributed by atoms with Crippen LogP contribution in [-0.4, -0.2) is 5.78 Å². The molecule has 0 spiro atoms. The van der Waals surface area contributed by atoms with Gasteiger partial charge in [0.25, 0.3) is 0 Å². The number of rotatable bonds is 2. The fraction of sp³-hybridized carbons (Fsp3) is 0.0556. The summed E-state index contributed by atoms with van der Waals surface area (Å²) >= 11 is 3.50. The number of carbonyl (C=O) groups is 1. The van der Waals surface area contributed by atoms with Crippen molar-refractivity contribution in [3.05, 3.63) is 70.7 Å². The number of hydrogen-bond donors (Lipinski definition) is 0. The highest BCUT2D eigenvalue weighted by Crippen LogP contribution is 2.33. The average Bonchev–Trinajstić information content (AvgIpc) is 2.46. The molecule has 0 saturated heterocycles. The summed E-state index contributed by atoms with van der Waals surface area (Å²) in [5.41, 5.74) is 2.82. The van der Waals surface area contributed by atoms with E-state index in [4.69, 9.17) is 0 Å². The zero-order valence-electron chi connectivity index (χ0n) is 11.1. The first-order valence-electron chi connectivity index (χ1n) is 6.45. The van der Waals surface area contributed by atoms with E-state index in [1.54, 1.807) is 6.92 Å². The van der Waals surface area contributed by atoms with Gasteiger partial charge in [0.15, 0.2) is 5.78 Å². The highest BCUT2D eigenvalue weighted by atomic mass is 79.9. The van der Waals surface area contributed by atoms with Gasteiger partial charge in [0.2, 0.25) is 0 Å². The molecule has 1 nitrogen and oxygen atoms in total. The lowest BCUT2D eigenvalue weighted by Gasteiger charge is -2.11. The first-order chi connectivity index (χ1) is 9.66. The Bertz CT molecular complexity index is 800. The van der Waals surface area contributed by atoms with Crippen LogP contribution in [0.25, 0.3) is 21.9 Å². The van der Waals surface area contributed by atoms with Gasteiger partial charge in [0, 0.05) is 10.0 Å². The number of halogens is 1. The van der Waals surface area contributed by atoms with Crippen LogP contribution >= 0.6 is 15.9 Å². The molecule has 0 N–H and O–H groups in total. The number of Topliss-reactive ketones (excluding diaryl/α,β-unsaturated/α-hetero) is 1. The van der Waals surface area contributed by atoms with Crippen molar-refractivity contribution in [2.24, 2.45) is 0 Å². The third-order valence-corrected chi connectivity index (χ3v) is 3.93. The smallest absolute Gasteiger partial charge is 0.160 e. The van der Waals surface area contributed by atoms with E-state index in [2.05, 4.69) is 40.2 Å². The van der Waals surface area contributed by atoms with Crippen molar-refractivity contribution in [2.75, 3.05) is 0 Å². The predicted octanol–water partition coefficient (Wildman–Crippen LogP) is 5.47. The molecule has 0 heterocycles. The molecule has 3 aromatic carbocycles. The maximum absolute atomic E-state index is 11.9. The minimum Gasteiger partial charge on any atom is -0.294 e. The lowest BCUT2D eigenvalue weighted by Crippen LogP contribution is -1.96. The minimum atomic E-state index is 0.0837. The van der Waals surface area contributed by atoms with Gasteiger partial charge in [0.05, 0.1) is 0 Å². The van der Waals surface area contributed by atoms with Gasteiger partial charge in [-0.3, -0.25) is 4.79 Å². The van der Waals surface area contributed by atoms with Crippen LogP contribution in [0.4, 0.5) is 0 Å². The highest BCUT2D eigenvalue weighted by molar-refractivity contribution is 9.10. The van der Waals surface area contributed by atoms with Crippen molar-refractivity contribution in [2.45, 2.75) is 6.92 Å². The molecule has 0 aliphatic heterocycles. The number of fused-ring (bicyclic) bond motifs is 1. The van der Waals surface area contributed by atoms with Crippen LogP contribution in [0.5, 0.6) is 0 Å². The number of ketones is 1. The summed E-state index contributed by atoms with van der Waals surface area (Å²) in [5, 5.41) is 2.34. The fourth-order valence-corrected chi connectivity index (χ4v) is 2.87. The Morgan fingerprint density at radius 2 is 1.65 bits per heavy atom. The Balaban J connectivity index is 2.36. The van der Waals surface area contributed by atoms with Crippen LogP contribution in [0.1, 0.15) is 17.3 Å². The van der Waals surface area contributed by atoms with E-state index in [0.29, 0.717) is 0 Å². The number of benzene rings is 3. The molecule has 0 aliphatic carbocycles. The van der Waals surface area contributed by atoms with E-state index >= 15 is 0 Å². The van der Waals surface area contributed by atoms with Crippen molar-refractivity contribution in [1.82, 2.24) is 0 Å². The van der Waals surface area contributed by atoms with E-state index < -0.39 is 0 Å². The maximum atomic E-state index is 11.9. The van der Waals surface area contributed by atoms with Crippen LogP contribution < -0.4 is 0 Å². The zero-order chi connectivity index (χ0) is 14.1. The molecule has 0 saturated carbocycles. The van der Waals surface area contributed by atoms with E-state index in [9.17, 15) is 4.79 Å². The second-order valence-corrected chi connectivity index (χ2v) is 5.69. The molecule has 0 aromatic heterocycles. The van der Waals surface area contributed by atoms with Crippen LogP contribution in [0.2, 0.25) is 0 Å². The van der Waals surface area contributed by atoms with Crippen LogP contribution in [0.15, 0.2) is 65.1 Å². The summed E-state index contributed by atoms with van der Waals surface area (Å²) in [6.07, 6.45) is 0. The van der Waals surface area contributed by atoms with Gasteiger partial charge in [-0.2, -0.15) is 0 Å². The van der Waals surface area contributed by atoms with Crippen molar-refractivity contribution in [3.63, 3.8) is 0 Å². The van der Waals surface area contributed by atoms with Gasteiger partial charge < -0.3 is 0 Å². The summed E-state index contributed by atoms with van der Waals surface area (Å²) in [7, 11) is 0. The quantitative estimate of drug-likeness (QED) is 0.571. The Kier molecular flexibility index (Phi) is 3.41. The molecule has 0 amide bonds. The first kappa shape index (κ1) is 13.1. The average molecular weight is 325 g/mol. The van der Waals surface area contributed by atoms with E-state index in [-0.39, 0.29) is 5.78 Å². The van der Waals surface area contributed by atoms with Gasteiger partial charge in [-0.1, -0.05) is 58.4 Å². The lowest BCUT2D eigenvalue weighted by molar-refractivity contribution is 0.101. The van der Waals surface area contributed by atoms with Gasteiger partial charge in [-0.15, -0.1) is 0 Å². The molecular formula is C18H13BrO. The zero-order valence-corrected chi connectivity index (χ0v) is 12.6. The summed E-state index contributed by atoms with van der Waals surface area (Å²) in [5.74, 6) is 0.0837. The minimum absolute atomic E-state index is 0.0837. The number of hydrogen-bond acceptors (Lipinski definition) is 1.